The zero-order valence-electron chi connectivity index (χ0n) is 20.5. The third-order valence-electron chi connectivity index (χ3n) is 6.73. The van der Waals surface area contributed by atoms with Gasteiger partial charge in [0.2, 0.25) is 0 Å². The fourth-order valence-corrected chi connectivity index (χ4v) is 5.78. The van der Waals surface area contributed by atoms with Crippen LogP contribution in [0.15, 0.2) is 42.5 Å². The second kappa shape index (κ2) is 10.3. The van der Waals surface area contributed by atoms with E-state index in [2.05, 4.69) is 5.32 Å². The van der Waals surface area contributed by atoms with Crippen LogP contribution in [0.4, 0.5) is 4.79 Å². The van der Waals surface area contributed by atoms with Crippen molar-refractivity contribution in [3.8, 4) is 0 Å². The predicted octanol–water partition coefficient (Wildman–Crippen LogP) is 6.19. The normalized spacial score (nSPS) is 24.1. The number of carbonyl (C=O) groups is 3. The SMILES string of the molecule is CC(C)(C)OC(=O)NC1CCC(N2C(=O)c3ccccc3[C@@H](C(=O)O)[C@@H]2c2ccc(Cl)cc2Cl)CC1. The minimum atomic E-state index is -1.03. The number of benzene rings is 2. The number of nitrogens with zero attached hydrogens (tertiary/aromatic N) is 1. The van der Waals surface area contributed by atoms with E-state index in [0.717, 1.165) is 0 Å². The van der Waals surface area contributed by atoms with Gasteiger partial charge in [0.15, 0.2) is 0 Å². The molecule has 7 nitrogen and oxygen atoms in total. The first kappa shape index (κ1) is 26.3. The Labute approximate surface area is 220 Å². The molecule has 0 unspecified atom stereocenters. The Bertz CT molecular complexity index is 1170. The number of hydrogen-bond donors (Lipinski definition) is 2. The second-order valence-corrected chi connectivity index (χ2v) is 11.2. The number of nitrogens with one attached hydrogen (secondary N) is 1. The Morgan fingerprint density at radius 2 is 1.69 bits per heavy atom. The highest BCUT2D eigenvalue weighted by molar-refractivity contribution is 6.35. The van der Waals surface area contributed by atoms with Gasteiger partial charge in [-0.2, -0.15) is 0 Å². The van der Waals surface area contributed by atoms with Crippen molar-refractivity contribution in [1.29, 1.82) is 0 Å². The monoisotopic (exact) mass is 532 g/mol. The van der Waals surface area contributed by atoms with Crippen molar-refractivity contribution >= 4 is 41.2 Å². The molecule has 4 rings (SSSR count). The second-order valence-electron chi connectivity index (χ2n) is 10.4. The van der Waals surface area contributed by atoms with Gasteiger partial charge in [0.05, 0.1) is 6.04 Å². The number of alkyl carbamates (subject to hydrolysis) is 1. The predicted molar refractivity (Wildman–Crippen MR) is 138 cm³/mol. The van der Waals surface area contributed by atoms with Crippen LogP contribution in [0, 0.1) is 0 Å². The van der Waals surface area contributed by atoms with Gasteiger partial charge in [0.25, 0.3) is 5.91 Å². The molecule has 0 bridgehead atoms. The molecule has 0 radical (unpaired) electrons. The molecule has 192 valence electrons. The van der Waals surface area contributed by atoms with Crippen LogP contribution in [-0.2, 0) is 9.53 Å². The average molecular weight is 533 g/mol. The third-order valence-corrected chi connectivity index (χ3v) is 7.30. The molecule has 2 atom stereocenters. The van der Waals surface area contributed by atoms with Crippen molar-refractivity contribution in [3.63, 3.8) is 0 Å². The molecule has 1 fully saturated rings. The fraction of sp³-hybridized carbons (Fsp3) is 0.444. The molecule has 0 saturated heterocycles. The van der Waals surface area contributed by atoms with Gasteiger partial charge in [-0.25, -0.2) is 4.79 Å². The summed E-state index contributed by atoms with van der Waals surface area (Å²) < 4.78 is 5.37. The number of carboxylic acids is 1. The maximum Gasteiger partial charge on any atom is 0.407 e. The number of amides is 2. The van der Waals surface area contributed by atoms with E-state index in [1.165, 1.54) is 0 Å². The zero-order valence-corrected chi connectivity index (χ0v) is 22.0. The standard InChI is InChI=1S/C27H30Cl2N2O5/c1-27(2,3)36-26(35)30-16-9-11-17(12-10-16)31-23(20-13-8-15(28)14-21(20)29)22(25(33)34)18-6-4-5-7-19(18)24(31)32/h4-8,13-14,16-17,22-23H,9-12H2,1-3H3,(H,30,35)(H,33,34)/t16?,17?,22-,23+/m1/s1. The Balaban J connectivity index is 1.66. The van der Waals surface area contributed by atoms with Crippen molar-refractivity contribution in [3.05, 3.63) is 69.2 Å². The fourth-order valence-electron chi connectivity index (χ4n) is 5.26. The molecule has 0 aromatic heterocycles. The highest BCUT2D eigenvalue weighted by atomic mass is 35.5. The lowest BCUT2D eigenvalue weighted by molar-refractivity contribution is -0.141. The van der Waals surface area contributed by atoms with Crippen LogP contribution in [0.1, 0.15) is 79.9 Å². The summed E-state index contributed by atoms with van der Waals surface area (Å²) in [6.45, 7) is 5.43. The summed E-state index contributed by atoms with van der Waals surface area (Å²) in [5.74, 6) is -2.24. The quantitative estimate of drug-likeness (QED) is 0.488. The van der Waals surface area contributed by atoms with Gasteiger partial charge in [-0.3, -0.25) is 9.59 Å². The van der Waals surface area contributed by atoms with E-state index >= 15 is 0 Å². The Morgan fingerprint density at radius 3 is 2.31 bits per heavy atom. The van der Waals surface area contributed by atoms with Crippen LogP contribution in [0.5, 0.6) is 0 Å². The first-order valence-electron chi connectivity index (χ1n) is 12.0. The molecule has 1 heterocycles. The third kappa shape index (κ3) is 5.47. The summed E-state index contributed by atoms with van der Waals surface area (Å²) in [6.07, 6.45) is 2.00. The number of carbonyl (C=O) groups excluding carboxylic acids is 2. The van der Waals surface area contributed by atoms with E-state index in [-0.39, 0.29) is 18.0 Å². The molecule has 2 N–H and O–H groups in total. The maximum atomic E-state index is 13.8. The van der Waals surface area contributed by atoms with Crippen LogP contribution >= 0.6 is 23.2 Å². The minimum Gasteiger partial charge on any atom is -0.481 e. The van der Waals surface area contributed by atoms with Crippen molar-refractivity contribution in [2.75, 3.05) is 0 Å². The molecule has 1 aliphatic heterocycles. The molecular formula is C27H30Cl2N2O5. The van der Waals surface area contributed by atoms with Crippen LogP contribution in [-0.4, -0.2) is 45.7 Å². The number of aliphatic carboxylic acids is 1. The summed E-state index contributed by atoms with van der Waals surface area (Å²) in [6, 6.07) is 10.7. The van der Waals surface area contributed by atoms with E-state index in [1.807, 2.05) is 20.8 Å². The summed E-state index contributed by atoms with van der Waals surface area (Å²) in [4.78, 5) is 40.4. The Kier molecular flexibility index (Phi) is 7.53. The van der Waals surface area contributed by atoms with Crippen LogP contribution in [0.25, 0.3) is 0 Å². The topological polar surface area (TPSA) is 95.9 Å². The number of rotatable bonds is 4. The Morgan fingerprint density at radius 1 is 1.03 bits per heavy atom. The first-order valence-corrected chi connectivity index (χ1v) is 12.8. The summed E-state index contributed by atoms with van der Waals surface area (Å²) in [5.41, 5.74) is 0.819. The molecule has 2 amide bonds. The lowest BCUT2D eigenvalue weighted by atomic mass is 9.77. The lowest BCUT2D eigenvalue weighted by Crippen LogP contribution is -2.52. The lowest BCUT2D eigenvalue weighted by Gasteiger charge is -2.47. The number of carboxylic acid groups (broad SMARTS) is 1. The van der Waals surface area contributed by atoms with Crippen LogP contribution in [0.2, 0.25) is 10.0 Å². The molecule has 9 heteroatoms. The smallest absolute Gasteiger partial charge is 0.407 e. The number of hydrogen-bond acceptors (Lipinski definition) is 4. The number of ether oxygens (including phenoxy) is 1. The van der Waals surface area contributed by atoms with Gasteiger partial charge in [0, 0.05) is 27.7 Å². The highest BCUT2D eigenvalue weighted by Crippen LogP contribution is 2.47. The molecule has 2 aromatic carbocycles. The average Bonchev–Trinajstić information content (AvgIpc) is 2.78. The van der Waals surface area contributed by atoms with Gasteiger partial charge in [-0.15, -0.1) is 0 Å². The summed E-state index contributed by atoms with van der Waals surface area (Å²) in [5, 5.41) is 14.0. The number of halogens is 2. The Hall–Kier alpha value is -2.77. The molecule has 1 aliphatic carbocycles. The van der Waals surface area contributed by atoms with Gasteiger partial charge >= 0.3 is 12.1 Å². The van der Waals surface area contributed by atoms with Crippen molar-refractivity contribution in [2.24, 2.45) is 0 Å². The van der Waals surface area contributed by atoms with Crippen LogP contribution in [0.3, 0.4) is 0 Å². The van der Waals surface area contributed by atoms with Crippen molar-refractivity contribution < 1.29 is 24.2 Å². The zero-order chi connectivity index (χ0) is 26.2. The summed E-state index contributed by atoms with van der Waals surface area (Å²) >= 11 is 12.7. The minimum absolute atomic E-state index is 0.0869. The molecule has 2 aliphatic rings. The molecule has 1 saturated carbocycles. The summed E-state index contributed by atoms with van der Waals surface area (Å²) in [7, 11) is 0. The van der Waals surface area contributed by atoms with E-state index in [1.54, 1.807) is 47.4 Å². The highest BCUT2D eigenvalue weighted by Gasteiger charge is 2.48. The number of fused-ring (bicyclic) bond motifs is 1. The molecule has 2 aromatic rings. The molecule has 0 spiro atoms. The largest absolute Gasteiger partial charge is 0.481 e. The van der Waals surface area contributed by atoms with Gasteiger partial charge < -0.3 is 20.1 Å². The van der Waals surface area contributed by atoms with Gasteiger partial charge in [-0.05, 0) is 75.8 Å². The first-order chi connectivity index (χ1) is 17.0. The molecule has 36 heavy (non-hydrogen) atoms. The van der Waals surface area contributed by atoms with E-state index in [0.29, 0.717) is 52.4 Å². The van der Waals surface area contributed by atoms with Crippen molar-refractivity contribution in [1.82, 2.24) is 10.2 Å². The molecular weight excluding hydrogens is 503 g/mol. The van der Waals surface area contributed by atoms with Crippen molar-refractivity contribution in [2.45, 2.75) is 76.1 Å². The van der Waals surface area contributed by atoms with Gasteiger partial charge in [-0.1, -0.05) is 47.5 Å². The van der Waals surface area contributed by atoms with E-state index < -0.39 is 29.6 Å². The maximum absolute atomic E-state index is 13.8. The van der Waals surface area contributed by atoms with Gasteiger partial charge in [0.1, 0.15) is 11.5 Å². The van der Waals surface area contributed by atoms with Crippen LogP contribution < -0.4 is 5.32 Å². The van der Waals surface area contributed by atoms with E-state index in [9.17, 15) is 19.5 Å². The van der Waals surface area contributed by atoms with E-state index in [4.69, 9.17) is 27.9 Å².